The Bertz CT molecular complexity index is 888. The Morgan fingerprint density at radius 2 is 1.90 bits per heavy atom. The zero-order valence-electron chi connectivity index (χ0n) is 20.1. The third-order valence-corrected chi connectivity index (χ3v) is 5.83. The molecule has 0 N–H and O–H groups in total. The van der Waals surface area contributed by atoms with Gasteiger partial charge >= 0.3 is 0 Å². The summed E-state index contributed by atoms with van der Waals surface area (Å²) in [5, 5.41) is 0. The molecule has 1 aliphatic heterocycles. The van der Waals surface area contributed by atoms with Crippen molar-refractivity contribution in [3.63, 3.8) is 0 Å². The van der Waals surface area contributed by atoms with E-state index >= 15 is 0 Å². The molecule has 1 aromatic heterocycles. The van der Waals surface area contributed by atoms with E-state index in [-0.39, 0.29) is 11.3 Å². The standard InChI is InChI=1S/C26H38N4O/c1-7-14-29(6)25-21-18-30(23(31)16-19(2)17-26(3,4)5)15-13-22(21)27-24(28-25)20-11-9-8-10-12-20/h8-12,19H,7,13-18H2,1-6H3. The Morgan fingerprint density at radius 3 is 2.55 bits per heavy atom. The lowest BCUT2D eigenvalue weighted by Crippen LogP contribution is -2.38. The normalized spacial score (nSPS) is 14.8. The molecule has 0 fully saturated rings. The van der Waals surface area contributed by atoms with E-state index in [0.717, 1.165) is 60.8 Å². The van der Waals surface area contributed by atoms with E-state index in [1.54, 1.807) is 0 Å². The van der Waals surface area contributed by atoms with Crippen molar-refractivity contribution in [3.8, 4) is 11.4 Å². The molecule has 3 rings (SSSR count). The molecule has 1 unspecified atom stereocenters. The molecule has 31 heavy (non-hydrogen) atoms. The van der Waals surface area contributed by atoms with Crippen molar-refractivity contribution < 1.29 is 4.79 Å². The molecule has 1 atom stereocenters. The van der Waals surface area contributed by atoms with Gasteiger partial charge in [0.2, 0.25) is 5.91 Å². The van der Waals surface area contributed by atoms with Crippen LogP contribution in [0.4, 0.5) is 5.82 Å². The second-order valence-corrected chi connectivity index (χ2v) is 10.2. The maximum absolute atomic E-state index is 13.1. The highest BCUT2D eigenvalue weighted by molar-refractivity contribution is 5.77. The molecule has 1 amide bonds. The number of fused-ring (bicyclic) bond motifs is 1. The lowest BCUT2D eigenvalue weighted by Gasteiger charge is -2.33. The molecule has 0 spiro atoms. The molecule has 168 valence electrons. The van der Waals surface area contributed by atoms with Crippen molar-refractivity contribution in [2.24, 2.45) is 11.3 Å². The van der Waals surface area contributed by atoms with E-state index in [1.165, 1.54) is 0 Å². The van der Waals surface area contributed by atoms with Gasteiger partial charge in [-0.3, -0.25) is 4.79 Å². The monoisotopic (exact) mass is 422 g/mol. The Morgan fingerprint density at radius 1 is 1.19 bits per heavy atom. The number of hydrogen-bond acceptors (Lipinski definition) is 4. The number of nitrogens with zero attached hydrogens (tertiary/aromatic N) is 4. The molecule has 0 radical (unpaired) electrons. The van der Waals surface area contributed by atoms with Gasteiger partial charge < -0.3 is 9.80 Å². The van der Waals surface area contributed by atoms with Crippen molar-refractivity contribution in [1.82, 2.24) is 14.9 Å². The fraction of sp³-hybridized carbons (Fsp3) is 0.577. The van der Waals surface area contributed by atoms with Crippen molar-refractivity contribution in [2.45, 2.75) is 66.8 Å². The number of aromatic nitrogens is 2. The molecular weight excluding hydrogens is 384 g/mol. The number of anilines is 1. The Balaban J connectivity index is 1.85. The summed E-state index contributed by atoms with van der Waals surface area (Å²) < 4.78 is 0. The van der Waals surface area contributed by atoms with Crippen molar-refractivity contribution in [3.05, 3.63) is 41.6 Å². The van der Waals surface area contributed by atoms with Crippen LogP contribution in [0.3, 0.4) is 0 Å². The Hall–Kier alpha value is -2.43. The highest BCUT2D eigenvalue weighted by atomic mass is 16.2. The molecule has 0 saturated heterocycles. The number of benzene rings is 1. The predicted octanol–water partition coefficient (Wildman–Crippen LogP) is 5.34. The predicted molar refractivity (Wildman–Crippen MR) is 128 cm³/mol. The summed E-state index contributed by atoms with van der Waals surface area (Å²) in [5.74, 6) is 2.37. The zero-order chi connectivity index (χ0) is 22.6. The SMILES string of the molecule is CCCN(C)c1nc(-c2ccccc2)nc2c1CN(C(=O)CC(C)CC(C)(C)C)CC2. The van der Waals surface area contributed by atoms with Crippen LogP contribution in [0.25, 0.3) is 11.4 Å². The minimum Gasteiger partial charge on any atom is -0.359 e. The molecular formula is C26H38N4O. The van der Waals surface area contributed by atoms with E-state index in [9.17, 15) is 4.79 Å². The molecule has 0 bridgehead atoms. The fourth-order valence-electron chi connectivity index (χ4n) is 4.63. The average molecular weight is 423 g/mol. The van der Waals surface area contributed by atoms with Crippen LogP contribution in [0.15, 0.2) is 30.3 Å². The summed E-state index contributed by atoms with van der Waals surface area (Å²) in [7, 11) is 2.09. The molecule has 5 heteroatoms. The van der Waals surface area contributed by atoms with E-state index < -0.39 is 0 Å². The topological polar surface area (TPSA) is 49.3 Å². The van der Waals surface area contributed by atoms with Gasteiger partial charge in [-0.2, -0.15) is 0 Å². The highest BCUT2D eigenvalue weighted by Crippen LogP contribution is 2.31. The van der Waals surface area contributed by atoms with Crippen LogP contribution in [0.5, 0.6) is 0 Å². The van der Waals surface area contributed by atoms with Gasteiger partial charge in [0.15, 0.2) is 5.82 Å². The Kier molecular flexibility index (Phi) is 7.34. The van der Waals surface area contributed by atoms with Crippen molar-refractivity contribution in [1.29, 1.82) is 0 Å². The first-order valence-electron chi connectivity index (χ1n) is 11.6. The van der Waals surface area contributed by atoms with Gasteiger partial charge in [-0.05, 0) is 24.2 Å². The molecule has 2 aromatic rings. The van der Waals surface area contributed by atoms with Crippen LogP contribution in [-0.4, -0.2) is 40.9 Å². The fourth-order valence-corrected chi connectivity index (χ4v) is 4.63. The van der Waals surface area contributed by atoms with E-state index in [0.29, 0.717) is 18.9 Å². The second kappa shape index (κ2) is 9.80. The van der Waals surface area contributed by atoms with Gasteiger partial charge in [0.25, 0.3) is 0 Å². The second-order valence-electron chi connectivity index (χ2n) is 10.2. The summed E-state index contributed by atoms with van der Waals surface area (Å²) in [4.78, 5) is 27.2. The van der Waals surface area contributed by atoms with Crippen LogP contribution < -0.4 is 4.90 Å². The summed E-state index contributed by atoms with van der Waals surface area (Å²) in [6, 6.07) is 10.2. The number of amides is 1. The molecule has 0 saturated carbocycles. The van der Waals surface area contributed by atoms with Gasteiger partial charge in [-0.15, -0.1) is 0 Å². The first-order chi connectivity index (χ1) is 14.7. The molecule has 2 heterocycles. The first kappa shape index (κ1) is 23.2. The lowest BCUT2D eigenvalue weighted by molar-refractivity contribution is -0.133. The first-order valence-corrected chi connectivity index (χ1v) is 11.6. The van der Waals surface area contributed by atoms with Gasteiger partial charge in [-0.25, -0.2) is 9.97 Å². The number of rotatable bonds is 7. The van der Waals surface area contributed by atoms with E-state index in [1.807, 2.05) is 23.1 Å². The molecule has 1 aliphatic rings. The molecule has 0 aliphatic carbocycles. The zero-order valence-corrected chi connectivity index (χ0v) is 20.1. The number of carbonyl (C=O) groups is 1. The van der Waals surface area contributed by atoms with Crippen LogP contribution >= 0.6 is 0 Å². The minimum atomic E-state index is 0.242. The lowest BCUT2D eigenvalue weighted by atomic mass is 9.84. The quantitative estimate of drug-likeness (QED) is 0.604. The number of hydrogen-bond donors (Lipinski definition) is 0. The third kappa shape index (κ3) is 6.05. The maximum atomic E-state index is 13.1. The van der Waals surface area contributed by atoms with Gasteiger partial charge in [-0.1, -0.05) is 65.0 Å². The van der Waals surface area contributed by atoms with E-state index in [2.05, 4.69) is 58.7 Å². The van der Waals surface area contributed by atoms with Crippen LogP contribution in [0.2, 0.25) is 0 Å². The third-order valence-electron chi connectivity index (χ3n) is 5.83. The smallest absolute Gasteiger partial charge is 0.223 e. The van der Waals surface area contributed by atoms with Crippen molar-refractivity contribution >= 4 is 11.7 Å². The Labute approximate surface area is 187 Å². The summed E-state index contributed by atoms with van der Waals surface area (Å²) in [6.45, 7) is 13.3. The average Bonchev–Trinajstić information content (AvgIpc) is 2.71. The van der Waals surface area contributed by atoms with Crippen molar-refractivity contribution in [2.75, 3.05) is 25.0 Å². The molecule has 5 nitrogen and oxygen atoms in total. The molecule has 1 aromatic carbocycles. The van der Waals surface area contributed by atoms with Gasteiger partial charge in [0.1, 0.15) is 5.82 Å². The number of carbonyl (C=O) groups excluding carboxylic acids is 1. The van der Waals surface area contributed by atoms with E-state index in [4.69, 9.17) is 9.97 Å². The van der Waals surface area contributed by atoms with Crippen LogP contribution in [0, 0.1) is 11.3 Å². The maximum Gasteiger partial charge on any atom is 0.223 e. The summed E-state index contributed by atoms with van der Waals surface area (Å²) in [5.41, 5.74) is 3.47. The highest BCUT2D eigenvalue weighted by Gasteiger charge is 2.28. The van der Waals surface area contributed by atoms with Crippen LogP contribution in [0.1, 0.15) is 65.1 Å². The summed E-state index contributed by atoms with van der Waals surface area (Å²) >= 11 is 0. The van der Waals surface area contributed by atoms with Gasteiger partial charge in [0, 0.05) is 44.1 Å². The summed E-state index contributed by atoms with van der Waals surface area (Å²) in [6.07, 6.45) is 3.49. The largest absolute Gasteiger partial charge is 0.359 e. The van der Waals surface area contributed by atoms with Crippen LogP contribution in [-0.2, 0) is 17.8 Å². The minimum absolute atomic E-state index is 0.242. The van der Waals surface area contributed by atoms with Gasteiger partial charge in [0.05, 0.1) is 12.2 Å².